The Hall–Kier alpha value is -3.14. The van der Waals surface area contributed by atoms with Gasteiger partial charge in [0, 0.05) is 19.0 Å². The second kappa shape index (κ2) is 7.85. The van der Waals surface area contributed by atoms with Crippen molar-refractivity contribution in [2.75, 3.05) is 13.1 Å². The molecule has 1 aliphatic rings. The first-order valence-electron chi connectivity index (χ1n) is 9.48. The predicted octanol–water partition coefficient (Wildman–Crippen LogP) is 4.44. The second-order valence-electron chi connectivity index (χ2n) is 7.29. The standard InChI is InChI=1S/C24H22FNO2/c25-22-11-9-19(10-12-22)23-13-14-26(24(27)28)16-21(23)8-6-17-5-7-18-3-1-2-4-20(18)15-17/h1-12,15,21,23H,13-14,16H2,(H,27,28)/p-1/b8-6+. The Kier molecular flexibility index (Phi) is 5.11. The molecule has 4 heteroatoms. The third-order valence-corrected chi connectivity index (χ3v) is 5.52. The number of hydrogen-bond donors (Lipinski definition) is 0. The molecule has 2 unspecified atom stereocenters. The van der Waals surface area contributed by atoms with Gasteiger partial charge in [0.2, 0.25) is 0 Å². The van der Waals surface area contributed by atoms with Crippen LogP contribution in [0.5, 0.6) is 0 Å². The number of carbonyl (C=O) groups excluding carboxylic acids is 1. The van der Waals surface area contributed by atoms with E-state index in [9.17, 15) is 14.3 Å². The van der Waals surface area contributed by atoms with Crippen molar-refractivity contribution in [3.8, 4) is 0 Å². The Morgan fingerprint density at radius 1 is 1.04 bits per heavy atom. The zero-order valence-corrected chi connectivity index (χ0v) is 15.4. The van der Waals surface area contributed by atoms with Crippen molar-refractivity contribution in [1.29, 1.82) is 0 Å². The number of halogens is 1. The molecule has 0 bridgehead atoms. The van der Waals surface area contributed by atoms with Crippen LogP contribution in [0.2, 0.25) is 0 Å². The maximum absolute atomic E-state index is 13.3. The van der Waals surface area contributed by atoms with E-state index in [0.29, 0.717) is 19.5 Å². The second-order valence-corrected chi connectivity index (χ2v) is 7.29. The van der Waals surface area contributed by atoms with E-state index in [1.165, 1.54) is 27.8 Å². The molecule has 3 nitrogen and oxygen atoms in total. The van der Waals surface area contributed by atoms with E-state index in [4.69, 9.17) is 0 Å². The lowest BCUT2D eigenvalue weighted by molar-refractivity contribution is -0.267. The molecule has 28 heavy (non-hydrogen) atoms. The summed E-state index contributed by atoms with van der Waals surface area (Å²) in [6, 6.07) is 21.0. The van der Waals surface area contributed by atoms with Gasteiger partial charge >= 0.3 is 0 Å². The quantitative estimate of drug-likeness (QED) is 0.680. The van der Waals surface area contributed by atoms with Crippen LogP contribution in [0.1, 0.15) is 23.5 Å². The molecule has 0 aromatic heterocycles. The lowest BCUT2D eigenvalue weighted by Gasteiger charge is -2.39. The largest absolute Gasteiger partial charge is 0.530 e. The van der Waals surface area contributed by atoms with Gasteiger partial charge in [-0.2, -0.15) is 0 Å². The number of benzene rings is 3. The van der Waals surface area contributed by atoms with Crippen LogP contribution in [0.15, 0.2) is 72.8 Å². The summed E-state index contributed by atoms with van der Waals surface area (Å²) in [5, 5.41) is 13.7. The lowest BCUT2D eigenvalue weighted by Crippen LogP contribution is -2.48. The maximum Gasteiger partial charge on any atom is 0.136 e. The van der Waals surface area contributed by atoms with Gasteiger partial charge in [0.15, 0.2) is 0 Å². The molecule has 3 aromatic carbocycles. The van der Waals surface area contributed by atoms with Gasteiger partial charge in [-0.25, -0.2) is 4.39 Å². The fourth-order valence-corrected chi connectivity index (χ4v) is 4.01. The van der Waals surface area contributed by atoms with Crippen molar-refractivity contribution in [1.82, 2.24) is 4.90 Å². The molecule has 0 radical (unpaired) electrons. The summed E-state index contributed by atoms with van der Waals surface area (Å²) in [6.45, 7) is 0.819. The first-order chi connectivity index (χ1) is 13.6. The number of likely N-dealkylation sites (tertiary alicyclic amines) is 1. The fraction of sp³-hybridized carbons (Fsp3) is 0.208. The molecule has 0 saturated carbocycles. The summed E-state index contributed by atoms with van der Waals surface area (Å²) in [6.07, 6.45) is 3.67. The Balaban J connectivity index is 1.61. The van der Waals surface area contributed by atoms with Gasteiger partial charge in [-0.05, 0) is 52.4 Å². The first kappa shape index (κ1) is 18.2. The van der Waals surface area contributed by atoms with Crippen LogP contribution in [0.3, 0.4) is 0 Å². The van der Waals surface area contributed by atoms with Crippen molar-refractivity contribution in [3.05, 3.63) is 89.8 Å². The number of carboxylic acid groups (broad SMARTS) is 1. The highest BCUT2D eigenvalue weighted by Crippen LogP contribution is 2.34. The van der Waals surface area contributed by atoms with Gasteiger partial charge in [-0.3, -0.25) is 0 Å². The highest BCUT2D eigenvalue weighted by atomic mass is 19.1. The SMILES string of the molecule is O=C([O-])N1CCC(c2ccc(F)cc2)C(/C=C/c2ccc3ccccc3c2)C1. The monoisotopic (exact) mass is 374 g/mol. The highest BCUT2D eigenvalue weighted by Gasteiger charge is 2.28. The molecule has 0 N–H and O–H groups in total. The summed E-state index contributed by atoms with van der Waals surface area (Å²) >= 11 is 0. The third-order valence-electron chi connectivity index (χ3n) is 5.52. The van der Waals surface area contributed by atoms with Gasteiger partial charge in [-0.15, -0.1) is 0 Å². The molecule has 0 spiro atoms. The maximum atomic E-state index is 13.3. The van der Waals surface area contributed by atoms with Gasteiger partial charge < -0.3 is 14.8 Å². The van der Waals surface area contributed by atoms with Crippen LogP contribution in [0, 0.1) is 11.7 Å². The van der Waals surface area contributed by atoms with Crippen LogP contribution < -0.4 is 5.11 Å². The topological polar surface area (TPSA) is 43.4 Å². The summed E-state index contributed by atoms with van der Waals surface area (Å²) in [5.41, 5.74) is 2.11. The Labute approximate surface area is 163 Å². The molecule has 3 aromatic rings. The Morgan fingerprint density at radius 2 is 1.79 bits per heavy atom. The van der Waals surface area contributed by atoms with Crippen LogP contribution in [0.25, 0.3) is 16.8 Å². The van der Waals surface area contributed by atoms with E-state index in [1.54, 1.807) is 12.1 Å². The minimum atomic E-state index is -1.14. The Morgan fingerprint density at radius 3 is 2.54 bits per heavy atom. The van der Waals surface area contributed by atoms with Gasteiger partial charge in [-0.1, -0.05) is 60.7 Å². The van der Waals surface area contributed by atoms with Crippen molar-refractivity contribution in [3.63, 3.8) is 0 Å². The normalized spacial score (nSPS) is 20.0. The number of amides is 1. The molecule has 1 amide bonds. The molecule has 4 rings (SSSR count). The smallest absolute Gasteiger partial charge is 0.136 e. The van der Waals surface area contributed by atoms with Crippen LogP contribution in [-0.2, 0) is 0 Å². The van der Waals surface area contributed by atoms with Gasteiger partial charge in [0.1, 0.15) is 11.9 Å². The zero-order chi connectivity index (χ0) is 19.5. The molecule has 142 valence electrons. The van der Waals surface area contributed by atoms with Crippen molar-refractivity contribution < 1.29 is 14.3 Å². The Bertz CT molecular complexity index is 1010. The number of fused-ring (bicyclic) bond motifs is 1. The van der Waals surface area contributed by atoms with E-state index in [0.717, 1.165) is 11.1 Å². The predicted molar refractivity (Wildman–Crippen MR) is 107 cm³/mol. The van der Waals surface area contributed by atoms with E-state index in [-0.39, 0.29) is 17.7 Å². The number of rotatable bonds is 3. The average molecular weight is 374 g/mol. The number of carbonyl (C=O) groups is 1. The van der Waals surface area contributed by atoms with Crippen LogP contribution in [-0.4, -0.2) is 24.1 Å². The number of hydrogen-bond acceptors (Lipinski definition) is 2. The summed E-state index contributed by atoms with van der Waals surface area (Å²) in [7, 11) is 0. The molecular formula is C24H21FNO2-. The van der Waals surface area contributed by atoms with Crippen molar-refractivity contribution in [2.24, 2.45) is 5.92 Å². The van der Waals surface area contributed by atoms with Crippen molar-refractivity contribution >= 4 is 22.9 Å². The van der Waals surface area contributed by atoms with Crippen LogP contribution in [0.4, 0.5) is 9.18 Å². The molecular weight excluding hydrogens is 353 g/mol. The zero-order valence-electron chi connectivity index (χ0n) is 15.4. The van der Waals surface area contributed by atoms with Crippen molar-refractivity contribution in [2.45, 2.75) is 12.3 Å². The molecule has 1 saturated heterocycles. The molecule has 1 aliphatic heterocycles. The fourth-order valence-electron chi connectivity index (χ4n) is 4.01. The first-order valence-corrected chi connectivity index (χ1v) is 9.48. The summed E-state index contributed by atoms with van der Waals surface area (Å²) in [5.74, 6) is -0.115. The van der Waals surface area contributed by atoms with E-state index >= 15 is 0 Å². The molecule has 1 fully saturated rings. The minimum absolute atomic E-state index is 0.00332. The third kappa shape index (κ3) is 3.91. The summed E-state index contributed by atoms with van der Waals surface area (Å²) < 4.78 is 13.3. The summed E-state index contributed by atoms with van der Waals surface area (Å²) in [4.78, 5) is 12.7. The lowest BCUT2D eigenvalue weighted by atomic mass is 9.80. The molecule has 1 heterocycles. The van der Waals surface area contributed by atoms with E-state index < -0.39 is 6.09 Å². The van der Waals surface area contributed by atoms with Crippen LogP contribution >= 0.6 is 0 Å². The minimum Gasteiger partial charge on any atom is -0.530 e. The van der Waals surface area contributed by atoms with E-state index in [2.05, 4.69) is 36.4 Å². The highest BCUT2D eigenvalue weighted by molar-refractivity contribution is 5.84. The molecule has 2 atom stereocenters. The van der Waals surface area contributed by atoms with Gasteiger partial charge in [0.25, 0.3) is 0 Å². The van der Waals surface area contributed by atoms with Gasteiger partial charge in [0.05, 0.1) is 0 Å². The number of nitrogens with zero attached hydrogens (tertiary/aromatic N) is 1. The van der Waals surface area contributed by atoms with E-state index in [1.807, 2.05) is 18.2 Å². The number of piperidine rings is 1. The average Bonchev–Trinajstić information content (AvgIpc) is 2.72. The molecule has 0 aliphatic carbocycles.